The molecule has 0 amide bonds. The summed E-state index contributed by atoms with van der Waals surface area (Å²) in [6, 6.07) is 4.76. The van der Waals surface area contributed by atoms with Crippen molar-refractivity contribution in [2.24, 2.45) is 0 Å². The smallest absolute Gasteiger partial charge is 0.293 e. The summed E-state index contributed by atoms with van der Waals surface area (Å²) >= 11 is 0. The number of nitrogens with zero attached hydrogens (tertiary/aromatic N) is 2. The average molecular weight is 263 g/mol. The van der Waals surface area contributed by atoms with Crippen LogP contribution in [0, 0.1) is 10.1 Å². The van der Waals surface area contributed by atoms with Gasteiger partial charge < -0.3 is 10.2 Å². The number of benzene rings is 1. The molecule has 6 heteroatoms. The Hall–Kier alpha value is -1.95. The first-order valence-corrected chi connectivity index (χ1v) is 6.29. The summed E-state index contributed by atoms with van der Waals surface area (Å²) in [4.78, 5) is 23.5. The van der Waals surface area contributed by atoms with Crippen LogP contribution >= 0.6 is 0 Å². The molecule has 1 saturated heterocycles. The van der Waals surface area contributed by atoms with Crippen LogP contribution in [-0.4, -0.2) is 42.3 Å². The zero-order valence-corrected chi connectivity index (χ0v) is 10.8. The minimum Gasteiger partial charge on any atom is -0.377 e. The number of carbonyl (C=O) groups is 1. The van der Waals surface area contributed by atoms with Crippen molar-refractivity contribution in [2.45, 2.75) is 18.9 Å². The van der Waals surface area contributed by atoms with E-state index in [-0.39, 0.29) is 11.7 Å². The fraction of sp³-hybridized carbons (Fsp3) is 0.462. The largest absolute Gasteiger partial charge is 0.377 e. The van der Waals surface area contributed by atoms with Gasteiger partial charge in [-0.25, -0.2) is 0 Å². The average Bonchev–Trinajstić information content (AvgIpc) is 2.41. The van der Waals surface area contributed by atoms with E-state index in [2.05, 4.69) is 17.3 Å². The van der Waals surface area contributed by atoms with Gasteiger partial charge in [-0.05, 0) is 45.1 Å². The molecule has 1 aromatic rings. The van der Waals surface area contributed by atoms with Gasteiger partial charge in [-0.1, -0.05) is 0 Å². The first-order valence-electron chi connectivity index (χ1n) is 6.29. The molecule has 1 heterocycles. The summed E-state index contributed by atoms with van der Waals surface area (Å²) in [6.07, 6.45) is 2.54. The van der Waals surface area contributed by atoms with Crippen LogP contribution in [0.25, 0.3) is 0 Å². The highest BCUT2D eigenvalue weighted by atomic mass is 16.6. The third-order valence-electron chi connectivity index (χ3n) is 3.43. The van der Waals surface area contributed by atoms with E-state index in [4.69, 9.17) is 0 Å². The molecule has 6 nitrogen and oxygen atoms in total. The van der Waals surface area contributed by atoms with Crippen LogP contribution in [0.4, 0.5) is 11.4 Å². The summed E-state index contributed by atoms with van der Waals surface area (Å²) in [5.74, 6) is 0. The molecule has 1 fully saturated rings. The van der Waals surface area contributed by atoms with Gasteiger partial charge in [0.15, 0.2) is 0 Å². The number of piperidine rings is 1. The van der Waals surface area contributed by atoms with Gasteiger partial charge >= 0.3 is 0 Å². The maximum atomic E-state index is 11.0. The Labute approximate surface area is 111 Å². The highest BCUT2D eigenvalue weighted by Gasteiger charge is 2.20. The second kappa shape index (κ2) is 5.79. The van der Waals surface area contributed by atoms with Crippen molar-refractivity contribution in [3.8, 4) is 0 Å². The molecule has 0 aliphatic carbocycles. The number of hydrogen-bond acceptors (Lipinski definition) is 5. The van der Waals surface area contributed by atoms with Gasteiger partial charge in [0.1, 0.15) is 12.0 Å². The van der Waals surface area contributed by atoms with Gasteiger partial charge in [0.2, 0.25) is 0 Å². The predicted octanol–water partition coefficient (Wildman–Crippen LogP) is 1.91. The molecule has 1 aliphatic heterocycles. The first kappa shape index (κ1) is 13.5. The quantitative estimate of drug-likeness (QED) is 0.510. The van der Waals surface area contributed by atoms with Crippen molar-refractivity contribution in [2.75, 3.05) is 25.5 Å². The molecule has 1 aliphatic rings. The molecule has 102 valence electrons. The molecule has 1 aromatic carbocycles. The van der Waals surface area contributed by atoms with Crippen molar-refractivity contribution in [1.29, 1.82) is 0 Å². The number of rotatable bonds is 4. The fourth-order valence-corrected chi connectivity index (χ4v) is 2.27. The minimum atomic E-state index is -0.454. The number of nitrogens with one attached hydrogen (secondary N) is 1. The Balaban J connectivity index is 2.15. The molecule has 2 rings (SSSR count). The van der Waals surface area contributed by atoms with Gasteiger partial charge in [0.05, 0.1) is 4.92 Å². The Morgan fingerprint density at radius 3 is 2.68 bits per heavy atom. The summed E-state index contributed by atoms with van der Waals surface area (Å²) in [6.45, 7) is 1.97. The van der Waals surface area contributed by atoms with E-state index in [0.29, 0.717) is 17.5 Å². The van der Waals surface area contributed by atoms with E-state index < -0.39 is 4.92 Å². The molecule has 19 heavy (non-hydrogen) atoms. The molecule has 1 N–H and O–H groups in total. The lowest BCUT2D eigenvalue weighted by atomic mass is 10.0. The van der Waals surface area contributed by atoms with E-state index in [0.717, 1.165) is 25.9 Å². The molecule has 0 saturated carbocycles. The lowest BCUT2D eigenvalue weighted by Crippen LogP contribution is -2.36. The van der Waals surface area contributed by atoms with Crippen molar-refractivity contribution in [1.82, 2.24) is 4.90 Å². The van der Waals surface area contributed by atoms with Gasteiger partial charge in [-0.15, -0.1) is 0 Å². The monoisotopic (exact) mass is 263 g/mol. The zero-order valence-electron chi connectivity index (χ0n) is 10.8. The van der Waals surface area contributed by atoms with Crippen molar-refractivity contribution >= 4 is 17.7 Å². The van der Waals surface area contributed by atoms with Gasteiger partial charge in [0, 0.05) is 17.7 Å². The van der Waals surface area contributed by atoms with Crippen LogP contribution in [0.15, 0.2) is 18.2 Å². The van der Waals surface area contributed by atoms with Gasteiger partial charge in [-0.3, -0.25) is 14.9 Å². The van der Waals surface area contributed by atoms with Crippen molar-refractivity contribution in [3.05, 3.63) is 33.9 Å². The summed E-state index contributed by atoms with van der Waals surface area (Å²) in [5, 5.41) is 14.2. The van der Waals surface area contributed by atoms with Crippen LogP contribution in [0.2, 0.25) is 0 Å². The van der Waals surface area contributed by atoms with Crippen molar-refractivity contribution < 1.29 is 9.72 Å². The number of aldehydes is 1. The number of nitro benzene ring substituents is 1. The molecule has 0 aromatic heterocycles. The number of anilines is 1. The third kappa shape index (κ3) is 3.29. The molecule has 0 atom stereocenters. The van der Waals surface area contributed by atoms with E-state index in [1.165, 1.54) is 6.07 Å². The van der Waals surface area contributed by atoms with Gasteiger partial charge in [0.25, 0.3) is 5.69 Å². The lowest BCUT2D eigenvalue weighted by molar-refractivity contribution is -0.384. The number of hydrogen-bond donors (Lipinski definition) is 1. The maximum Gasteiger partial charge on any atom is 0.293 e. The Morgan fingerprint density at radius 2 is 2.11 bits per heavy atom. The Morgan fingerprint density at radius 1 is 1.42 bits per heavy atom. The third-order valence-corrected chi connectivity index (χ3v) is 3.43. The Bertz CT molecular complexity index is 482. The zero-order chi connectivity index (χ0) is 13.8. The van der Waals surface area contributed by atoms with Crippen LogP contribution in [-0.2, 0) is 0 Å². The number of likely N-dealkylation sites (tertiary alicyclic amines) is 1. The lowest BCUT2D eigenvalue weighted by Gasteiger charge is -2.30. The second-order valence-electron chi connectivity index (χ2n) is 4.87. The fourth-order valence-electron chi connectivity index (χ4n) is 2.27. The molecular weight excluding hydrogens is 246 g/mol. The highest BCUT2D eigenvalue weighted by Crippen LogP contribution is 2.27. The normalized spacial score (nSPS) is 17.1. The summed E-state index contributed by atoms with van der Waals surface area (Å²) in [7, 11) is 2.07. The number of carbonyl (C=O) groups excluding carboxylic acids is 1. The van der Waals surface area contributed by atoms with Crippen LogP contribution in [0.1, 0.15) is 23.2 Å². The predicted molar refractivity (Wildman–Crippen MR) is 72.6 cm³/mol. The molecular formula is C13H17N3O3. The SMILES string of the molecule is CN1CCC(Nc2ccc(C=O)cc2[N+](=O)[O-])CC1. The second-order valence-corrected chi connectivity index (χ2v) is 4.87. The molecule has 0 unspecified atom stereocenters. The van der Waals surface area contributed by atoms with Crippen LogP contribution < -0.4 is 5.32 Å². The van der Waals surface area contributed by atoms with Gasteiger partial charge in [-0.2, -0.15) is 0 Å². The topological polar surface area (TPSA) is 75.5 Å². The van der Waals surface area contributed by atoms with Crippen LogP contribution in [0.5, 0.6) is 0 Å². The first-order chi connectivity index (χ1) is 9.10. The summed E-state index contributed by atoms with van der Waals surface area (Å²) in [5.41, 5.74) is 0.773. The standard InChI is InChI=1S/C13H17N3O3/c1-15-6-4-11(5-7-15)14-12-3-2-10(9-17)8-13(12)16(18)19/h2-3,8-9,11,14H,4-7H2,1H3. The molecule has 0 radical (unpaired) electrons. The summed E-state index contributed by atoms with van der Waals surface area (Å²) < 4.78 is 0. The minimum absolute atomic E-state index is 0.0384. The van der Waals surface area contributed by atoms with E-state index in [9.17, 15) is 14.9 Å². The Kier molecular flexibility index (Phi) is 4.11. The van der Waals surface area contributed by atoms with Crippen LogP contribution in [0.3, 0.4) is 0 Å². The van der Waals surface area contributed by atoms with Crippen molar-refractivity contribution in [3.63, 3.8) is 0 Å². The molecule has 0 bridgehead atoms. The van der Waals surface area contributed by atoms with E-state index >= 15 is 0 Å². The molecule has 0 spiro atoms. The van der Waals surface area contributed by atoms with E-state index in [1.54, 1.807) is 12.1 Å². The highest BCUT2D eigenvalue weighted by molar-refractivity contribution is 5.79. The number of nitro groups is 1. The maximum absolute atomic E-state index is 11.0. The van der Waals surface area contributed by atoms with E-state index in [1.807, 2.05) is 0 Å².